The van der Waals surface area contributed by atoms with Crippen molar-refractivity contribution in [3.63, 3.8) is 0 Å². The smallest absolute Gasteiger partial charge is 0.160 e. The molecule has 0 saturated carbocycles. The van der Waals surface area contributed by atoms with Crippen molar-refractivity contribution >= 4 is 16.7 Å². The number of para-hydroxylation sites is 2. The van der Waals surface area contributed by atoms with Crippen molar-refractivity contribution in [2.45, 2.75) is 6.54 Å². The molecule has 0 aliphatic rings. The summed E-state index contributed by atoms with van der Waals surface area (Å²) in [4.78, 5) is 4.50. The third-order valence-electron chi connectivity index (χ3n) is 3.25. The number of benzene rings is 2. The zero-order chi connectivity index (χ0) is 14.1. The number of nitrogens with zero attached hydrogens (tertiary/aromatic N) is 2. The first-order valence-electron chi connectivity index (χ1n) is 6.24. The molecule has 20 heavy (non-hydrogen) atoms. The van der Waals surface area contributed by atoms with E-state index < -0.39 is 11.6 Å². The summed E-state index contributed by atoms with van der Waals surface area (Å²) in [6, 6.07) is 11.6. The summed E-state index contributed by atoms with van der Waals surface area (Å²) in [5.74, 6) is -0.880. The van der Waals surface area contributed by atoms with Gasteiger partial charge in [-0.05, 0) is 24.3 Å². The molecular formula is C15H13F2N3. The van der Waals surface area contributed by atoms with Crippen LogP contribution in [0.5, 0.6) is 0 Å². The predicted octanol–water partition coefficient (Wildman–Crippen LogP) is 3.46. The minimum Gasteiger partial charge on any atom is -0.378 e. The van der Waals surface area contributed by atoms with Gasteiger partial charge in [0, 0.05) is 18.8 Å². The fourth-order valence-corrected chi connectivity index (χ4v) is 2.14. The lowest BCUT2D eigenvalue weighted by Gasteiger charge is -2.07. The molecule has 0 radical (unpaired) electrons. The minimum absolute atomic E-state index is 0.441. The number of hydrogen-bond donors (Lipinski definition) is 1. The number of fused-ring (bicyclic) bond motifs is 1. The highest BCUT2D eigenvalue weighted by molar-refractivity contribution is 5.75. The van der Waals surface area contributed by atoms with Crippen LogP contribution in [-0.4, -0.2) is 9.55 Å². The molecule has 2 aromatic carbocycles. The molecule has 1 N–H and O–H groups in total. The standard InChI is InChI=1S/C15H13F2N3/c1-20-14-5-3-2-4-13(14)19-15(20)9-18-10-6-7-11(16)12(17)8-10/h2-8,18H,9H2,1H3. The molecule has 3 rings (SSSR count). The Morgan fingerprint density at radius 2 is 1.90 bits per heavy atom. The van der Waals surface area contributed by atoms with Crippen LogP contribution < -0.4 is 5.32 Å². The molecule has 0 bridgehead atoms. The third-order valence-corrected chi connectivity index (χ3v) is 3.25. The zero-order valence-electron chi connectivity index (χ0n) is 10.9. The van der Waals surface area contributed by atoms with E-state index >= 15 is 0 Å². The fourth-order valence-electron chi connectivity index (χ4n) is 2.14. The van der Waals surface area contributed by atoms with Crippen molar-refractivity contribution in [1.82, 2.24) is 9.55 Å². The second-order valence-electron chi connectivity index (χ2n) is 4.56. The molecule has 0 saturated heterocycles. The van der Waals surface area contributed by atoms with Gasteiger partial charge in [0.25, 0.3) is 0 Å². The molecule has 5 heteroatoms. The average molecular weight is 273 g/mol. The first kappa shape index (κ1) is 12.6. The molecule has 102 valence electrons. The quantitative estimate of drug-likeness (QED) is 0.792. The average Bonchev–Trinajstić information content (AvgIpc) is 2.77. The van der Waals surface area contributed by atoms with Gasteiger partial charge in [-0.25, -0.2) is 13.8 Å². The number of anilines is 1. The molecule has 0 amide bonds. The van der Waals surface area contributed by atoms with Gasteiger partial charge in [-0.3, -0.25) is 0 Å². The number of hydrogen-bond acceptors (Lipinski definition) is 2. The Labute approximate surface area is 114 Å². The van der Waals surface area contributed by atoms with E-state index in [1.165, 1.54) is 6.07 Å². The van der Waals surface area contributed by atoms with E-state index in [0.29, 0.717) is 12.2 Å². The zero-order valence-corrected chi connectivity index (χ0v) is 10.9. The van der Waals surface area contributed by atoms with Crippen LogP contribution in [0, 0.1) is 11.6 Å². The Bertz CT molecular complexity index is 765. The maximum atomic E-state index is 13.1. The van der Waals surface area contributed by atoms with Gasteiger partial charge in [0.2, 0.25) is 0 Å². The summed E-state index contributed by atoms with van der Waals surface area (Å²) in [6.45, 7) is 0.441. The molecule has 1 aromatic heterocycles. The van der Waals surface area contributed by atoms with Crippen LogP contribution >= 0.6 is 0 Å². The Kier molecular flexibility index (Phi) is 3.10. The van der Waals surface area contributed by atoms with Crippen LogP contribution in [0.25, 0.3) is 11.0 Å². The summed E-state index contributed by atoms with van der Waals surface area (Å²) >= 11 is 0. The van der Waals surface area contributed by atoms with E-state index in [0.717, 1.165) is 29.0 Å². The van der Waals surface area contributed by atoms with E-state index in [9.17, 15) is 8.78 Å². The van der Waals surface area contributed by atoms with Gasteiger partial charge in [0.1, 0.15) is 5.82 Å². The van der Waals surface area contributed by atoms with Gasteiger partial charge < -0.3 is 9.88 Å². The number of aromatic nitrogens is 2. The lowest BCUT2D eigenvalue weighted by molar-refractivity contribution is 0.509. The molecule has 3 nitrogen and oxygen atoms in total. The molecule has 0 unspecified atom stereocenters. The molecule has 0 fully saturated rings. The van der Waals surface area contributed by atoms with Crippen LogP contribution in [-0.2, 0) is 13.6 Å². The summed E-state index contributed by atoms with van der Waals surface area (Å²) in [7, 11) is 1.93. The number of halogens is 2. The lowest BCUT2D eigenvalue weighted by Crippen LogP contribution is -2.06. The largest absolute Gasteiger partial charge is 0.378 e. The Morgan fingerprint density at radius 1 is 1.10 bits per heavy atom. The highest BCUT2D eigenvalue weighted by atomic mass is 19.2. The van der Waals surface area contributed by atoms with Crippen molar-refractivity contribution in [2.24, 2.45) is 7.05 Å². The van der Waals surface area contributed by atoms with Gasteiger partial charge >= 0.3 is 0 Å². The number of rotatable bonds is 3. The highest BCUT2D eigenvalue weighted by Gasteiger charge is 2.07. The Hall–Kier alpha value is -2.43. The van der Waals surface area contributed by atoms with Gasteiger partial charge in [-0.15, -0.1) is 0 Å². The van der Waals surface area contributed by atoms with Crippen LogP contribution in [0.2, 0.25) is 0 Å². The topological polar surface area (TPSA) is 29.9 Å². The van der Waals surface area contributed by atoms with Crippen molar-refractivity contribution < 1.29 is 8.78 Å². The summed E-state index contributed by atoms with van der Waals surface area (Å²) < 4.78 is 27.9. The number of aryl methyl sites for hydroxylation is 1. The van der Waals surface area contributed by atoms with E-state index in [2.05, 4.69) is 10.3 Å². The Morgan fingerprint density at radius 3 is 2.65 bits per heavy atom. The molecule has 0 aliphatic heterocycles. The fraction of sp³-hybridized carbons (Fsp3) is 0.133. The van der Waals surface area contributed by atoms with Crippen molar-refractivity contribution in [3.8, 4) is 0 Å². The summed E-state index contributed by atoms with van der Waals surface area (Å²) in [6.07, 6.45) is 0. The van der Waals surface area contributed by atoms with Crippen LogP contribution in [0.3, 0.4) is 0 Å². The van der Waals surface area contributed by atoms with E-state index in [4.69, 9.17) is 0 Å². The number of nitrogens with one attached hydrogen (secondary N) is 1. The second kappa shape index (κ2) is 4.92. The molecule has 0 atom stereocenters. The lowest BCUT2D eigenvalue weighted by atomic mass is 10.3. The molecule has 0 aliphatic carbocycles. The molecule has 1 heterocycles. The summed E-state index contributed by atoms with van der Waals surface area (Å²) in [5, 5.41) is 3.04. The molecular weight excluding hydrogens is 260 g/mol. The third kappa shape index (κ3) is 2.22. The van der Waals surface area contributed by atoms with Gasteiger partial charge in [-0.1, -0.05) is 12.1 Å². The van der Waals surface area contributed by atoms with Gasteiger partial charge in [0.05, 0.1) is 17.6 Å². The van der Waals surface area contributed by atoms with Gasteiger partial charge in [-0.2, -0.15) is 0 Å². The molecule has 3 aromatic rings. The first-order chi connectivity index (χ1) is 9.65. The Balaban J connectivity index is 1.83. The predicted molar refractivity (Wildman–Crippen MR) is 74.4 cm³/mol. The van der Waals surface area contributed by atoms with Gasteiger partial charge in [0.15, 0.2) is 11.6 Å². The SMILES string of the molecule is Cn1c(CNc2ccc(F)c(F)c2)nc2ccccc21. The van der Waals surface area contributed by atoms with E-state index in [1.54, 1.807) is 0 Å². The molecule has 0 spiro atoms. The van der Waals surface area contributed by atoms with E-state index in [-0.39, 0.29) is 0 Å². The maximum Gasteiger partial charge on any atom is 0.160 e. The minimum atomic E-state index is -0.861. The second-order valence-corrected chi connectivity index (χ2v) is 4.56. The normalized spacial score (nSPS) is 10.9. The van der Waals surface area contributed by atoms with Crippen molar-refractivity contribution in [3.05, 3.63) is 59.9 Å². The maximum absolute atomic E-state index is 13.1. The number of imidazole rings is 1. The van der Waals surface area contributed by atoms with E-state index in [1.807, 2.05) is 35.9 Å². The van der Waals surface area contributed by atoms with Crippen LogP contribution in [0.15, 0.2) is 42.5 Å². The first-order valence-corrected chi connectivity index (χ1v) is 6.24. The van der Waals surface area contributed by atoms with Crippen LogP contribution in [0.1, 0.15) is 5.82 Å². The van der Waals surface area contributed by atoms with Crippen molar-refractivity contribution in [1.29, 1.82) is 0 Å². The highest BCUT2D eigenvalue weighted by Crippen LogP contribution is 2.17. The van der Waals surface area contributed by atoms with Crippen molar-refractivity contribution in [2.75, 3.05) is 5.32 Å². The summed E-state index contributed by atoms with van der Waals surface area (Å²) in [5.41, 5.74) is 2.47. The van der Waals surface area contributed by atoms with Crippen LogP contribution in [0.4, 0.5) is 14.5 Å². The monoisotopic (exact) mass is 273 g/mol.